The second-order valence-corrected chi connectivity index (χ2v) is 8.64. The first-order valence-electron chi connectivity index (χ1n) is 6.85. The van der Waals surface area contributed by atoms with Crippen LogP contribution in [0.15, 0.2) is 0 Å². The maximum absolute atomic E-state index is 8.49. The van der Waals surface area contributed by atoms with Crippen molar-refractivity contribution in [2.24, 2.45) is 5.92 Å². The van der Waals surface area contributed by atoms with E-state index in [1.54, 1.807) is 0 Å². The van der Waals surface area contributed by atoms with Crippen molar-refractivity contribution >= 4 is 21.6 Å². The molecule has 0 aromatic heterocycles. The van der Waals surface area contributed by atoms with Gasteiger partial charge in [-0.2, -0.15) is 0 Å². The van der Waals surface area contributed by atoms with Crippen LogP contribution in [-0.4, -0.2) is 16.1 Å². The number of hydrogen-bond acceptors (Lipinski definition) is 4. The predicted octanol–water partition coefficient (Wildman–Crippen LogP) is -2.09. The summed E-state index contributed by atoms with van der Waals surface area (Å²) in [5.41, 5.74) is 1.45. The molecule has 0 spiro atoms. The zero-order valence-electron chi connectivity index (χ0n) is 12.6. The van der Waals surface area contributed by atoms with Crippen LogP contribution in [0.25, 0.3) is 0 Å². The molecule has 1 fully saturated rings. The van der Waals surface area contributed by atoms with Crippen LogP contribution in [0, 0.1) is 16.2 Å². The van der Waals surface area contributed by atoms with Crippen molar-refractivity contribution in [2.45, 2.75) is 70.2 Å². The molecule has 0 saturated heterocycles. The van der Waals surface area contributed by atoms with Gasteiger partial charge in [0.15, 0.2) is 11.8 Å². The number of nitrogens with one attached hydrogen (secondary N) is 1. The van der Waals surface area contributed by atoms with Crippen molar-refractivity contribution in [1.29, 1.82) is 0 Å². The Morgan fingerprint density at radius 2 is 1.50 bits per heavy atom. The average Bonchev–Trinajstić information content (AvgIpc) is 2.23. The Hall–Kier alpha value is 0.280. The molecule has 1 aliphatic carbocycles. The molecule has 0 aromatic rings. The molecule has 1 rings (SSSR count). The second kappa shape index (κ2) is 8.66. The van der Waals surface area contributed by atoms with Crippen LogP contribution < -0.4 is 23.6 Å². The van der Waals surface area contributed by atoms with E-state index >= 15 is 0 Å². The highest BCUT2D eigenvalue weighted by molar-refractivity contribution is 9.10. The minimum atomic E-state index is -4.94. The van der Waals surface area contributed by atoms with E-state index in [-0.39, 0.29) is 4.32 Å². The second-order valence-electron chi connectivity index (χ2n) is 5.90. The maximum atomic E-state index is 8.49. The largest absolute Gasteiger partial charge is 0.245 e. The molecule has 0 atom stereocenters. The van der Waals surface area contributed by atoms with Gasteiger partial charge in [-0.3, -0.25) is 0 Å². The van der Waals surface area contributed by atoms with E-state index in [2.05, 4.69) is 48.6 Å². The number of hydrogen-bond donors (Lipinski definition) is 1. The van der Waals surface area contributed by atoms with Crippen LogP contribution in [-0.2, 0) is 0 Å². The maximum Gasteiger partial charge on any atom is 0.169 e. The summed E-state index contributed by atoms with van der Waals surface area (Å²) in [7, 11) is -4.94. The van der Waals surface area contributed by atoms with Crippen molar-refractivity contribution in [2.75, 3.05) is 0 Å². The molecule has 0 radical (unpaired) electrons. The third-order valence-electron chi connectivity index (χ3n) is 3.18. The molecule has 120 valence electrons. The van der Waals surface area contributed by atoms with Crippen LogP contribution in [0.2, 0.25) is 0 Å². The molecule has 0 bridgehead atoms. The highest BCUT2D eigenvalue weighted by atomic mass is 79.9. The molecule has 0 unspecified atom stereocenters. The van der Waals surface area contributed by atoms with Crippen molar-refractivity contribution in [3.63, 3.8) is 0 Å². The van der Waals surface area contributed by atoms with Gasteiger partial charge >= 0.3 is 0 Å². The number of alkyl halides is 1. The fourth-order valence-corrected chi connectivity index (χ4v) is 3.06. The zero-order valence-corrected chi connectivity index (χ0v) is 14.9. The molecule has 5 nitrogen and oxygen atoms in total. The molecule has 0 amide bonds. The first kappa shape index (κ1) is 20.3. The van der Waals surface area contributed by atoms with Gasteiger partial charge < -0.3 is 0 Å². The summed E-state index contributed by atoms with van der Waals surface area (Å²) in [6.07, 6.45) is 6.91. The Labute approximate surface area is 132 Å². The summed E-state index contributed by atoms with van der Waals surface area (Å²) in [6, 6.07) is 0.716. The Balaban J connectivity index is 0.000000621. The van der Waals surface area contributed by atoms with E-state index in [4.69, 9.17) is 18.6 Å². The lowest BCUT2D eigenvalue weighted by atomic mass is 9.93. The van der Waals surface area contributed by atoms with Crippen molar-refractivity contribution in [3.05, 3.63) is 0 Å². The lowest BCUT2D eigenvalue weighted by molar-refractivity contribution is -2.00. The van der Waals surface area contributed by atoms with Gasteiger partial charge in [-0.25, -0.2) is 23.6 Å². The van der Waals surface area contributed by atoms with Gasteiger partial charge in [-0.05, 0) is 26.7 Å². The third-order valence-corrected chi connectivity index (χ3v) is 3.61. The van der Waals surface area contributed by atoms with Crippen LogP contribution in [0.1, 0.15) is 59.8 Å². The summed E-state index contributed by atoms with van der Waals surface area (Å²) in [6.45, 7) is 9.01. The third kappa shape index (κ3) is 11.0. The first-order chi connectivity index (χ1) is 8.91. The summed E-state index contributed by atoms with van der Waals surface area (Å²) in [4.78, 5) is 3.77. The van der Waals surface area contributed by atoms with Crippen LogP contribution >= 0.6 is 15.9 Å². The van der Waals surface area contributed by atoms with Crippen LogP contribution in [0.5, 0.6) is 0 Å². The first-order valence-corrected chi connectivity index (χ1v) is 8.88. The highest BCUT2D eigenvalue weighted by Crippen LogP contribution is 2.20. The van der Waals surface area contributed by atoms with Crippen LogP contribution in [0.3, 0.4) is 0 Å². The van der Waals surface area contributed by atoms with Gasteiger partial charge in [-0.1, -0.05) is 36.2 Å². The van der Waals surface area contributed by atoms with Gasteiger partial charge in [0.1, 0.15) is 0 Å². The zero-order chi connectivity index (χ0) is 16.0. The molecular weight excluding hydrogens is 350 g/mol. The number of rotatable bonds is 3. The highest BCUT2D eigenvalue weighted by Gasteiger charge is 2.31. The molecule has 1 aliphatic rings. The van der Waals surface area contributed by atoms with E-state index in [1.807, 2.05) is 0 Å². The van der Waals surface area contributed by atoms with E-state index in [9.17, 15) is 0 Å². The van der Waals surface area contributed by atoms with E-state index in [0.717, 1.165) is 0 Å². The molecule has 0 aliphatic heterocycles. The lowest BCUT2D eigenvalue weighted by Gasteiger charge is -2.21. The summed E-state index contributed by atoms with van der Waals surface area (Å²) < 4.78 is 34.1. The molecule has 7 heteroatoms. The van der Waals surface area contributed by atoms with E-state index in [0.29, 0.717) is 12.0 Å². The summed E-state index contributed by atoms with van der Waals surface area (Å²) in [5, 5.41) is 0. The molecule has 1 N–H and O–H groups in total. The van der Waals surface area contributed by atoms with Crippen molar-refractivity contribution in [1.82, 2.24) is 0 Å². The Bertz CT molecular complexity index is 298. The molecule has 1 saturated carbocycles. The molecule has 0 aromatic carbocycles. The lowest BCUT2D eigenvalue weighted by Crippen LogP contribution is -2.83. The van der Waals surface area contributed by atoms with Gasteiger partial charge in [0.05, 0.1) is 4.32 Å². The minimum absolute atomic E-state index is 0.110. The Morgan fingerprint density at radius 3 is 1.80 bits per heavy atom. The van der Waals surface area contributed by atoms with Crippen molar-refractivity contribution in [3.8, 4) is 0 Å². The van der Waals surface area contributed by atoms with E-state index in [1.165, 1.54) is 37.8 Å². The monoisotopic (exact) mass is 373 g/mol. The Kier molecular flexibility index (Phi) is 8.78. The smallest absolute Gasteiger partial charge is 0.169 e. The fourth-order valence-electron chi connectivity index (χ4n) is 2.49. The topological polar surface area (TPSA) is 106 Å². The standard InChI is InChI=1S/C13H24BrN.ClHO4/c1-10(2)12(13(3,4)14)15-11-8-6-5-7-9-11;2-1(3,4)5/h10-11H,5-9H2,1-4H3;(H,2,3,4,5). The molecule has 20 heavy (non-hydrogen) atoms. The minimum Gasteiger partial charge on any atom is -0.245 e. The summed E-state index contributed by atoms with van der Waals surface area (Å²) in [5.74, 6) is 0.598. The van der Waals surface area contributed by atoms with Gasteiger partial charge in [0, 0.05) is 18.8 Å². The molecular formula is C13H25BrClNO4. The number of halogens is 2. The fraction of sp³-hybridized carbons (Fsp3) is 0.923. The van der Waals surface area contributed by atoms with Gasteiger partial charge in [0.25, 0.3) is 0 Å². The summed E-state index contributed by atoms with van der Waals surface area (Å²) >= 11 is 3.77. The normalized spacial score (nSPS) is 18.8. The molecule has 0 heterocycles. The quantitative estimate of drug-likeness (QED) is 0.452. The van der Waals surface area contributed by atoms with E-state index < -0.39 is 10.2 Å². The SMILES string of the molecule is CC(C)C(=[NH+]C1CCCCC1)C(C)(C)Br.[O-][Cl+3]([O-])([O-])[O-]. The van der Waals surface area contributed by atoms with Crippen molar-refractivity contribution < 1.29 is 33.9 Å². The Morgan fingerprint density at radius 1 is 1.10 bits per heavy atom. The van der Waals surface area contributed by atoms with Gasteiger partial charge in [-0.15, -0.1) is 10.2 Å². The average molecular weight is 375 g/mol. The van der Waals surface area contributed by atoms with Crippen LogP contribution in [0.4, 0.5) is 0 Å². The van der Waals surface area contributed by atoms with Gasteiger partial charge in [0.2, 0.25) is 0 Å². The predicted molar refractivity (Wildman–Crippen MR) is 70.7 cm³/mol.